The molecule has 0 spiro atoms. The molecule has 0 unspecified atom stereocenters. The van der Waals surface area contributed by atoms with Gasteiger partial charge in [0.1, 0.15) is 24.6 Å². The van der Waals surface area contributed by atoms with Gasteiger partial charge in [-0.15, -0.1) is 0 Å². The Morgan fingerprint density at radius 1 is 0.889 bits per heavy atom. The maximum absolute atomic E-state index is 13.8. The summed E-state index contributed by atoms with van der Waals surface area (Å²) in [6, 6.07) is 26.6. The smallest absolute Gasteiger partial charge is 0.326 e. The number of likely N-dealkylation sites (N-methyl/N-ethyl adjacent to an activating group) is 1. The Hall–Kier alpha value is -3.80. The molecule has 6 nitrogen and oxygen atoms in total. The number of benzene rings is 3. The maximum atomic E-state index is 13.8. The number of anilines is 1. The molecule has 3 aromatic carbocycles. The summed E-state index contributed by atoms with van der Waals surface area (Å²) in [6.07, 6.45) is 0.0745. The summed E-state index contributed by atoms with van der Waals surface area (Å²) in [5.74, 6) is 0.718. The van der Waals surface area contributed by atoms with E-state index in [9.17, 15) is 9.59 Å². The van der Waals surface area contributed by atoms with Crippen molar-refractivity contribution in [2.45, 2.75) is 46.0 Å². The SMILES string of the molecule is CN(C(=O)N1[C@H](C(C)(C)C)N(C)C(=O)[C@@H]1Cc1ccc(OCc2ccccc2)cc1)c1ccccc1. The highest BCUT2D eigenvalue weighted by Gasteiger charge is 2.51. The van der Waals surface area contributed by atoms with Gasteiger partial charge in [0.25, 0.3) is 0 Å². The van der Waals surface area contributed by atoms with E-state index in [0.29, 0.717) is 13.0 Å². The molecule has 1 aliphatic heterocycles. The van der Waals surface area contributed by atoms with E-state index in [2.05, 4.69) is 20.8 Å². The number of ether oxygens (including phenoxy) is 1. The van der Waals surface area contributed by atoms with E-state index in [1.165, 1.54) is 0 Å². The lowest BCUT2D eigenvalue weighted by atomic mass is 9.91. The van der Waals surface area contributed by atoms with E-state index in [1.54, 1.807) is 28.8 Å². The second-order valence-electron chi connectivity index (χ2n) is 10.4. The number of carbonyl (C=O) groups is 2. The molecule has 4 rings (SSSR count). The third kappa shape index (κ3) is 5.38. The van der Waals surface area contributed by atoms with Crippen LogP contribution >= 0.6 is 0 Å². The van der Waals surface area contributed by atoms with Crippen molar-refractivity contribution in [1.29, 1.82) is 0 Å². The van der Waals surface area contributed by atoms with E-state index >= 15 is 0 Å². The molecular formula is C30H35N3O3. The Balaban J connectivity index is 1.55. The van der Waals surface area contributed by atoms with Gasteiger partial charge in [-0.1, -0.05) is 81.4 Å². The summed E-state index contributed by atoms with van der Waals surface area (Å²) in [5, 5.41) is 0. The zero-order chi connectivity index (χ0) is 25.9. The van der Waals surface area contributed by atoms with Gasteiger partial charge in [0.15, 0.2) is 0 Å². The maximum Gasteiger partial charge on any atom is 0.326 e. The van der Waals surface area contributed by atoms with Crippen LogP contribution in [0.15, 0.2) is 84.9 Å². The summed E-state index contributed by atoms with van der Waals surface area (Å²) >= 11 is 0. The minimum absolute atomic E-state index is 0.0471. The van der Waals surface area contributed by atoms with Crippen LogP contribution in [-0.2, 0) is 17.8 Å². The lowest BCUT2D eigenvalue weighted by Gasteiger charge is -2.40. The van der Waals surface area contributed by atoms with Crippen molar-refractivity contribution in [2.75, 3.05) is 19.0 Å². The number of nitrogens with zero attached hydrogens (tertiary/aromatic N) is 3. The fraction of sp³-hybridized carbons (Fsp3) is 0.333. The number of rotatable bonds is 6. The quantitative estimate of drug-likeness (QED) is 0.458. The Morgan fingerprint density at radius 3 is 2.06 bits per heavy atom. The van der Waals surface area contributed by atoms with Crippen LogP contribution in [0.2, 0.25) is 0 Å². The molecule has 0 radical (unpaired) electrons. The minimum atomic E-state index is -0.589. The Morgan fingerprint density at radius 2 is 1.47 bits per heavy atom. The molecular weight excluding hydrogens is 450 g/mol. The summed E-state index contributed by atoms with van der Waals surface area (Å²) in [7, 11) is 3.55. The Kier molecular flexibility index (Phi) is 7.34. The third-order valence-electron chi connectivity index (χ3n) is 6.63. The first-order valence-electron chi connectivity index (χ1n) is 12.3. The predicted octanol–water partition coefficient (Wildman–Crippen LogP) is 5.58. The number of hydrogen-bond donors (Lipinski definition) is 0. The van der Waals surface area contributed by atoms with Gasteiger partial charge in [0.2, 0.25) is 5.91 Å². The number of para-hydroxylation sites is 1. The van der Waals surface area contributed by atoms with Gasteiger partial charge in [0.05, 0.1) is 0 Å². The van der Waals surface area contributed by atoms with Crippen LogP contribution in [-0.4, -0.2) is 48.0 Å². The summed E-state index contributed by atoms with van der Waals surface area (Å²) in [4.78, 5) is 32.4. The van der Waals surface area contributed by atoms with Crippen LogP contribution < -0.4 is 9.64 Å². The monoisotopic (exact) mass is 485 g/mol. The first-order chi connectivity index (χ1) is 17.2. The van der Waals surface area contributed by atoms with E-state index in [-0.39, 0.29) is 23.5 Å². The number of amides is 3. The van der Waals surface area contributed by atoms with Gasteiger partial charge in [-0.3, -0.25) is 14.6 Å². The van der Waals surface area contributed by atoms with E-state index in [0.717, 1.165) is 22.6 Å². The predicted molar refractivity (Wildman–Crippen MR) is 143 cm³/mol. The molecule has 1 fully saturated rings. The van der Waals surface area contributed by atoms with Gasteiger partial charge >= 0.3 is 6.03 Å². The second kappa shape index (κ2) is 10.4. The fourth-order valence-electron chi connectivity index (χ4n) is 4.87. The van der Waals surface area contributed by atoms with E-state index < -0.39 is 6.04 Å². The molecule has 0 N–H and O–H groups in total. The minimum Gasteiger partial charge on any atom is -0.489 e. The number of urea groups is 1. The molecule has 6 heteroatoms. The lowest BCUT2D eigenvalue weighted by Crippen LogP contribution is -2.54. The zero-order valence-electron chi connectivity index (χ0n) is 21.7. The third-order valence-corrected chi connectivity index (χ3v) is 6.63. The van der Waals surface area contributed by atoms with Gasteiger partial charge in [-0.2, -0.15) is 0 Å². The van der Waals surface area contributed by atoms with Gasteiger partial charge in [-0.05, 0) is 35.4 Å². The first-order valence-corrected chi connectivity index (χ1v) is 12.3. The highest BCUT2D eigenvalue weighted by atomic mass is 16.5. The highest BCUT2D eigenvalue weighted by Crippen LogP contribution is 2.36. The fourth-order valence-corrected chi connectivity index (χ4v) is 4.87. The van der Waals surface area contributed by atoms with Crippen molar-refractivity contribution in [2.24, 2.45) is 5.41 Å². The molecule has 2 atom stereocenters. The molecule has 0 saturated carbocycles. The lowest BCUT2D eigenvalue weighted by molar-refractivity contribution is -0.129. The summed E-state index contributed by atoms with van der Waals surface area (Å²) in [6.45, 7) is 6.68. The molecule has 0 aliphatic carbocycles. The van der Waals surface area contributed by atoms with Crippen LogP contribution in [0, 0.1) is 5.41 Å². The van der Waals surface area contributed by atoms with Gasteiger partial charge in [-0.25, -0.2) is 4.79 Å². The van der Waals surface area contributed by atoms with Crippen LogP contribution in [0.5, 0.6) is 5.75 Å². The summed E-state index contributed by atoms with van der Waals surface area (Å²) in [5.41, 5.74) is 2.55. The molecule has 188 valence electrons. The zero-order valence-corrected chi connectivity index (χ0v) is 21.7. The van der Waals surface area contributed by atoms with Crippen LogP contribution in [0.3, 0.4) is 0 Å². The molecule has 3 aromatic rings. The molecule has 1 aliphatic rings. The van der Waals surface area contributed by atoms with Gasteiger partial charge in [0, 0.05) is 31.6 Å². The van der Waals surface area contributed by atoms with Crippen LogP contribution in [0.25, 0.3) is 0 Å². The first kappa shape index (κ1) is 25.3. The largest absolute Gasteiger partial charge is 0.489 e. The Bertz CT molecular complexity index is 1170. The van der Waals surface area contributed by atoms with Crippen molar-refractivity contribution >= 4 is 17.6 Å². The molecule has 0 aromatic heterocycles. The second-order valence-corrected chi connectivity index (χ2v) is 10.4. The number of carbonyl (C=O) groups excluding carboxylic acids is 2. The van der Waals surface area contributed by atoms with E-state index in [1.807, 2.05) is 84.9 Å². The average molecular weight is 486 g/mol. The van der Waals surface area contributed by atoms with Crippen molar-refractivity contribution < 1.29 is 14.3 Å². The Labute approximate surface area is 214 Å². The highest BCUT2D eigenvalue weighted by molar-refractivity contribution is 5.97. The standard InChI is InChI=1S/C30H35N3O3/c1-30(2,3)28-32(5)27(34)26(33(28)29(35)31(4)24-14-10-7-11-15-24)20-22-16-18-25(19-17-22)36-21-23-12-8-6-9-13-23/h6-19,26,28H,20-21H2,1-5H3/t26-,28+/m0/s1. The van der Waals surface area contributed by atoms with Crippen molar-refractivity contribution in [3.63, 3.8) is 0 Å². The molecule has 1 saturated heterocycles. The molecule has 36 heavy (non-hydrogen) atoms. The number of hydrogen-bond acceptors (Lipinski definition) is 3. The average Bonchev–Trinajstić information content (AvgIpc) is 3.14. The molecule has 1 heterocycles. The van der Waals surface area contributed by atoms with Crippen molar-refractivity contribution in [3.8, 4) is 5.75 Å². The van der Waals surface area contributed by atoms with Crippen LogP contribution in [0.4, 0.5) is 10.5 Å². The van der Waals surface area contributed by atoms with Crippen LogP contribution in [0.1, 0.15) is 31.9 Å². The summed E-state index contributed by atoms with van der Waals surface area (Å²) < 4.78 is 5.91. The van der Waals surface area contributed by atoms with Gasteiger partial charge < -0.3 is 9.64 Å². The topological polar surface area (TPSA) is 53.1 Å². The normalized spacial score (nSPS) is 17.9. The molecule has 3 amide bonds. The van der Waals surface area contributed by atoms with Crippen molar-refractivity contribution in [3.05, 3.63) is 96.1 Å². The van der Waals surface area contributed by atoms with Crippen molar-refractivity contribution in [1.82, 2.24) is 9.80 Å². The van der Waals surface area contributed by atoms with E-state index in [4.69, 9.17) is 4.74 Å². The molecule has 0 bridgehead atoms.